The number of aromatic nitrogens is 1. The number of H-pyrrole nitrogens is 1. The number of carbonyl (C=O) groups is 2. The molecule has 7 rings (SSSR count). The van der Waals surface area contributed by atoms with E-state index in [1.54, 1.807) is 0 Å². The second kappa shape index (κ2) is 10.2. The van der Waals surface area contributed by atoms with Crippen molar-refractivity contribution >= 4 is 28.3 Å². The highest BCUT2D eigenvalue weighted by atomic mass is 16.2. The molecule has 0 bridgehead atoms. The molecule has 2 atom stereocenters. The first-order valence-corrected chi connectivity index (χ1v) is 14.7. The average molecular weight is 547 g/mol. The molecule has 208 valence electrons. The Labute approximate surface area is 239 Å². The van der Waals surface area contributed by atoms with Gasteiger partial charge in [0, 0.05) is 65.7 Å². The number of anilines is 1. The molecule has 0 radical (unpaired) electrons. The van der Waals surface area contributed by atoms with Crippen molar-refractivity contribution in [3.05, 3.63) is 111 Å². The lowest BCUT2D eigenvalue weighted by atomic mass is 9.76. The summed E-state index contributed by atoms with van der Waals surface area (Å²) in [6.45, 7) is 4.35. The Kier molecular flexibility index (Phi) is 6.37. The summed E-state index contributed by atoms with van der Waals surface area (Å²) in [6, 6.07) is 24.1. The summed E-state index contributed by atoms with van der Waals surface area (Å²) in [5.41, 5.74) is 5.73. The molecule has 7 heteroatoms. The summed E-state index contributed by atoms with van der Waals surface area (Å²) in [7, 11) is 0. The summed E-state index contributed by atoms with van der Waals surface area (Å²) in [6.07, 6.45) is 2.68. The van der Waals surface area contributed by atoms with Crippen LogP contribution in [0.1, 0.15) is 64.5 Å². The van der Waals surface area contributed by atoms with E-state index in [4.69, 9.17) is 0 Å². The number of nitrogens with one attached hydrogen (secondary N) is 2. The molecule has 0 spiro atoms. The molecule has 2 amide bonds. The van der Waals surface area contributed by atoms with Crippen molar-refractivity contribution in [1.82, 2.24) is 14.8 Å². The normalized spacial score (nSPS) is 20.1. The van der Waals surface area contributed by atoms with Gasteiger partial charge in [0.15, 0.2) is 0 Å². The van der Waals surface area contributed by atoms with Crippen LogP contribution in [0.3, 0.4) is 0 Å². The van der Waals surface area contributed by atoms with Crippen LogP contribution in [-0.2, 0) is 11.2 Å². The van der Waals surface area contributed by atoms with E-state index in [1.165, 1.54) is 0 Å². The lowest BCUT2D eigenvalue weighted by molar-refractivity contribution is -0.134. The molecule has 2 aliphatic heterocycles. The summed E-state index contributed by atoms with van der Waals surface area (Å²) < 4.78 is 0. The first-order valence-electron chi connectivity index (χ1n) is 14.7. The summed E-state index contributed by atoms with van der Waals surface area (Å²) in [4.78, 5) is 46.3. The number of aromatic amines is 1. The summed E-state index contributed by atoms with van der Waals surface area (Å²) in [5.74, 6) is 0.318. The Morgan fingerprint density at radius 3 is 2.29 bits per heavy atom. The van der Waals surface area contributed by atoms with Crippen molar-refractivity contribution in [3.63, 3.8) is 0 Å². The van der Waals surface area contributed by atoms with Crippen molar-refractivity contribution in [3.8, 4) is 0 Å². The van der Waals surface area contributed by atoms with Gasteiger partial charge in [-0.15, -0.1) is 0 Å². The third-order valence-electron chi connectivity index (χ3n) is 8.93. The number of carbonyl (C=O) groups excluding carboxylic acids is 2. The number of hydrogen-bond donors (Lipinski definition) is 2. The van der Waals surface area contributed by atoms with Gasteiger partial charge in [0.25, 0.3) is 11.5 Å². The van der Waals surface area contributed by atoms with E-state index in [2.05, 4.69) is 35.4 Å². The number of piperazine rings is 1. The van der Waals surface area contributed by atoms with Crippen LogP contribution < -0.4 is 10.9 Å². The Hall–Kier alpha value is -4.39. The van der Waals surface area contributed by atoms with Crippen LogP contribution >= 0.6 is 0 Å². The van der Waals surface area contributed by atoms with Crippen LogP contribution in [-0.4, -0.2) is 52.8 Å². The van der Waals surface area contributed by atoms with E-state index in [1.807, 2.05) is 64.4 Å². The fraction of sp³-hybridized carbons (Fsp3) is 0.324. The predicted molar refractivity (Wildman–Crippen MR) is 160 cm³/mol. The number of amides is 2. The Morgan fingerprint density at radius 2 is 1.56 bits per heavy atom. The number of benzene rings is 3. The van der Waals surface area contributed by atoms with E-state index in [0.717, 1.165) is 46.3 Å². The molecule has 1 saturated heterocycles. The van der Waals surface area contributed by atoms with Gasteiger partial charge in [-0.2, -0.15) is 0 Å². The summed E-state index contributed by atoms with van der Waals surface area (Å²) in [5, 5.41) is 5.39. The van der Waals surface area contributed by atoms with Gasteiger partial charge in [-0.05, 0) is 60.2 Å². The molecule has 1 aromatic heterocycles. The lowest BCUT2D eigenvalue weighted by Gasteiger charge is -2.37. The molecule has 4 aromatic rings. The largest absolute Gasteiger partial charge is 0.377 e. The van der Waals surface area contributed by atoms with E-state index in [0.29, 0.717) is 43.5 Å². The molecule has 3 heterocycles. The number of pyridine rings is 1. The van der Waals surface area contributed by atoms with Crippen LogP contribution in [0.4, 0.5) is 5.69 Å². The van der Waals surface area contributed by atoms with Crippen molar-refractivity contribution < 1.29 is 9.59 Å². The predicted octanol–water partition coefficient (Wildman–Crippen LogP) is 5.08. The van der Waals surface area contributed by atoms with Gasteiger partial charge in [-0.1, -0.05) is 55.5 Å². The van der Waals surface area contributed by atoms with Gasteiger partial charge >= 0.3 is 0 Å². The second-order valence-electron chi connectivity index (χ2n) is 11.5. The smallest absolute Gasteiger partial charge is 0.256 e. The molecule has 3 aliphatic rings. The minimum Gasteiger partial charge on any atom is -0.377 e. The molecule has 2 fully saturated rings. The minimum absolute atomic E-state index is 0.00636. The zero-order valence-corrected chi connectivity index (χ0v) is 23.2. The standard InChI is InChI=1S/C34H34N4O3/c1-2-26-30-28(31(21-8-4-3-5-9-21)35-27-13-7-12-25(29(27)30)32(39)36-26)23-10-6-11-24(20-23)34(41)38-18-16-37(17-19-38)33(40)22-14-15-22/h3-13,20,22,28,31,35H,2,14-19H2,1H3,(H,36,39). The molecule has 1 saturated carbocycles. The van der Waals surface area contributed by atoms with Crippen molar-refractivity contribution in [2.24, 2.45) is 5.92 Å². The van der Waals surface area contributed by atoms with Gasteiger partial charge in [0.05, 0.1) is 6.04 Å². The maximum absolute atomic E-state index is 13.7. The number of nitrogens with zero attached hydrogens (tertiary/aromatic N) is 2. The average Bonchev–Trinajstić information content (AvgIpc) is 3.88. The van der Waals surface area contributed by atoms with E-state index < -0.39 is 0 Å². The Morgan fingerprint density at radius 1 is 0.854 bits per heavy atom. The molecule has 7 nitrogen and oxygen atoms in total. The van der Waals surface area contributed by atoms with Crippen molar-refractivity contribution in [2.75, 3.05) is 31.5 Å². The zero-order valence-electron chi connectivity index (χ0n) is 23.2. The Balaban J connectivity index is 1.28. The summed E-state index contributed by atoms with van der Waals surface area (Å²) >= 11 is 0. The van der Waals surface area contributed by atoms with E-state index in [-0.39, 0.29) is 35.3 Å². The quantitative estimate of drug-likeness (QED) is 0.366. The lowest BCUT2D eigenvalue weighted by Crippen LogP contribution is -2.51. The zero-order chi connectivity index (χ0) is 28.1. The molecule has 1 aliphatic carbocycles. The number of rotatable bonds is 5. The minimum atomic E-state index is -0.123. The van der Waals surface area contributed by atoms with Crippen molar-refractivity contribution in [2.45, 2.75) is 38.1 Å². The fourth-order valence-corrected chi connectivity index (χ4v) is 6.68. The Bertz CT molecular complexity index is 1700. The van der Waals surface area contributed by atoms with Crippen LogP contribution in [0.15, 0.2) is 77.6 Å². The van der Waals surface area contributed by atoms with Crippen molar-refractivity contribution in [1.29, 1.82) is 0 Å². The third-order valence-corrected chi connectivity index (χ3v) is 8.93. The van der Waals surface area contributed by atoms with E-state index in [9.17, 15) is 14.4 Å². The maximum Gasteiger partial charge on any atom is 0.256 e. The molecular weight excluding hydrogens is 512 g/mol. The van der Waals surface area contributed by atoms with Crippen LogP contribution in [0, 0.1) is 5.92 Å². The highest BCUT2D eigenvalue weighted by Gasteiger charge is 2.37. The number of aryl methyl sites for hydroxylation is 1. The van der Waals surface area contributed by atoms with Crippen LogP contribution in [0.5, 0.6) is 0 Å². The number of hydrogen-bond acceptors (Lipinski definition) is 4. The molecule has 2 N–H and O–H groups in total. The monoisotopic (exact) mass is 546 g/mol. The van der Waals surface area contributed by atoms with Crippen LogP contribution in [0.2, 0.25) is 0 Å². The van der Waals surface area contributed by atoms with Gasteiger partial charge in [-0.3, -0.25) is 14.4 Å². The van der Waals surface area contributed by atoms with Gasteiger partial charge in [0.1, 0.15) is 0 Å². The highest BCUT2D eigenvalue weighted by molar-refractivity contribution is 5.99. The molecule has 2 unspecified atom stereocenters. The molecule has 3 aromatic carbocycles. The second-order valence-corrected chi connectivity index (χ2v) is 11.5. The topological polar surface area (TPSA) is 85.5 Å². The first kappa shape index (κ1) is 25.6. The van der Waals surface area contributed by atoms with E-state index >= 15 is 0 Å². The third kappa shape index (κ3) is 4.49. The SMILES string of the molecule is CCc1[nH]c(=O)c2cccc3c2c1C(c1cccc(C(=O)N2CCN(C(=O)C4CC4)CC2)c1)C(c1ccccc1)N3. The fourth-order valence-electron chi connectivity index (χ4n) is 6.68. The van der Waals surface area contributed by atoms with Crippen LogP contribution in [0.25, 0.3) is 10.8 Å². The van der Waals surface area contributed by atoms with Gasteiger partial charge in [-0.25, -0.2) is 0 Å². The molecule has 41 heavy (non-hydrogen) atoms. The maximum atomic E-state index is 13.7. The molecular formula is C34H34N4O3. The van der Waals surface area contributed by atoms with Gasteiger partial charge in [0.2, 0.25) is 5.91 Å². The first-order chi connectivity index (χ1) is 20.0. The highest BCUT2D eigenvalue weighted by Crippen LogP contribution is 2.48. The van der Waals surface area contributed by atoms with Gasteiger partial charge < -0.3 is 20.1 Å².